The zero-order chi connectivity index (χ0) is 12.8. The standard InChI is InChI=1S/C12H14BrN3O/c1-2-9(5-6-14)16-12(17)10-7-8(15)3-4-11(10)13/h3-4,7,9H,2,5,15H2,1H3,(H,16,17). The number of rotatable bonds is 4. The fourth-order valence-electron chi connectivity index (χ4n) is 1.39. The molecule has 0 aliphatic rings. The Morgan fingerprint density at radius 2 is 2.35 bits per heavy atom. The summed E-state index contributed by atoms with van der Waals surface area (Å²) in [5, 5.41) is 11.4. The van der Waals surface area contributed by atoms with E-state index in [4.69, 9.17) is 11.0 Å². The molecule has 0 bridgehead atoms. The van der Waals surface area contributed by atoms with Crippen LogP contribution in [0.25, 0.3) is 0 Å². The molecule has 1 atom stereocenters. The van der Waals surface area contributed by atoms with Crippen LogP contribution >= 0.6 is 15.9 Å². The van der Waals surface area contributed by atoms with Gasteiger partial charge in [0.2, 0.25) is 0 Å². The molecule has 0 saturated carbocycles. The van der Waals surface area contributed by atoms with Gasteiger partial charge in [0, 0.05) is 16.2 Å². The van der Waals surface area contributed by atoms with Crippen LogP contribution in [0.2, 0.25) is 0 Å². The monoisotopic (exact) mass is 295 g/mol. The average molecular weight is 296 g/mol. The maximum atomic E-state index is 12.0. The van der Waals surface area contributed by atoms with Gasteiger partial charge in [0.15, 0.2) is 0 Å². The first-order valence-electron chi connectivity index (χ1n) is 5.31. The molecule has 0 spiro atoms. The summed E-state index contributed by atoms with van der Waals surface area (Å²) in [6, 6.07) is 6.98. The summed E-state index contributed by atoms with van der Waals surface area (Å²) in [7, 11) is 0. The Labute approximate surface area is 109 Å². The summed E-state index contributed by atoms with van der Waals surface area (Å²) in [6.45, 7) is 1.93. The first-order valence-corrected chi connectivity index (χ1v) is 6.10. The van der Waals surface area contributed by atoms with Gasteiger partial charge in [-0.05, 0) is 40.5 Å². The lowest BCUT2D eigenvalue weighted by Gasteiger charge is -2.14. The molecule has 5 heteroatoms. The van der Waals surface area contributed by atoms with Crippen LogP contribution in [0.4, 0.5) is 5.69 Å². The van der Waals surface area contributed by atoms with E-state index >= 15 is 0 Å². The number of nitrogen functional groups attached to an aromatic ring is 1. The van der Waals surface area contributed by atoms with Crippen molar-refractivity contribution >= 4 is 27.5 Å². The van der Waals surface area contributed by atoms with Crippen molar-refractivity contribution in [2.75, 3.05) is 5.73 Å². The Morgan fingerprint density at radius 1 is 1.65 bits per heavy atom. The highest BCUT2D eigenvalue weighted by atomic mass is 79.9. The minimum atomic E-state index is -0.216. The highest BCUT2D eigenvalue weighted by molar-refractivity contribution is 9.10. The van der Waals surface area contributed by atoms with Crippen LogP contribution in [0.15, 0.2) is 22.7 Å². The smallest absolute Gasteiger partial charge is 0.252 e. The quantitative estimate of drug-likeness (QED) is 0.838. The molecule has 17 heavy (non-hydrogen) atoms. The zero-order valence-corrected chi connectivity index (χ0v) is 11.1. The van der Waals surface area contributed by atoms with Gasteiger partial charge in [-0.3, -0.25) is 4.79 Å². The molecule has 0 aliphatic carbocycles. The molecule has 90 valence electrons. The van der Waals surface area contributed by atoms with Gasteiger partial charge < -0.3 is 11.1 Å². The number of carbonyl (C=O) groups is 1. The molecule has 1 unspecified atom stereocenters. The zero-order valence-electron chi connectivity index (χ0n) is 9.53. The summed E-state index contributed by atoms with van der Waals surface area (Å²) in [6.07, 6.45) is 1.03. The van der Waals surface area contributed by atoms with Crippen molar-refractivity contribution in [3.05, 3.63) is 28.2 Å². The first-order chi connectivity index (χ1) is 8.08. The Kier molecular flexibility index (Phi) is 4.98. The van der Waals surface area contributed by atoms with Crippen molar-refractivity contribution in [2.45, 2.75) is 25.8 Å². The van der Waals surface area contributed by atoms with E-state index in [0.29, 0.717) is 22.1 Å². The Morgan fingerprint density at radius 3 is 2.94 bits per heavy atom. The van der Waals surface area contributed by atoms with Crippen LogP contribution in [0.3, 0.4) is 0 Å². The molecule has 0 aliphatic heterocycles. The molecular weight excluding hydrogens is 282 g/mol. The van der Waals surface area contributed by atoms with Crippen molar-refractivity contribution in [3.8, 4) is 6.07 Å². The SMILES string of the molecule is CCC(CC#N)NC(=O)c1cc(N)ccc1Br. The van der Waals surface area contributed by atoms with Crippen LogP contribution < -0.4 is 11.1 Å². The van der Waals surface area contributed by atoms with Crippen molar-refractivity contribution in [1.82, 2.24) is 5.32 Å². The summed E-state index contributed by atoms with van der Waals surface area (Å²) >= 11 is 3.30. The third-order valence-electron chi connectivity index (χ3n) is 2.40. The van der Waals surface area contributed by atoms with Gasteiger partial charge in [0.25, 0.3) is 5.91 Å². The van der Waals surface area contributed by atoms with Gasteiger partial charge in [-0.25, -0.2) is 0 Å². The number of nitrogens with one attached hydrogen (secondary N) is 1. The third kappa shape index (κ3) is 3.75. The number of hydrogen-bond acceptors (Lipinski definition) is 3. The largest absolute Gasteiger partial charge is 0.399 e. The molecule has 0 fully saturated rings. The number of nitrogens with two attached hydrogens (primary N) is 1. The van der Waals surface area contributed by atoms with Crippen molar-refractivity contribution in [1.29, 1.82) is 5.26 Å². The van der Waals surface area contributed by atoms with Gasteiger partial charge in [-0.1, -0.05) is 6.92 Å². The van der Waals surface area contributed by atoms with Gasteiger partial charge in [0.1, 0.15) is 0 Å². The lowest BCUT2D eigenvalue weighted by Crippen LogP contribution is -2.34. The second kappa shape index (κ2) is 6.26. The molecule has 4 nitrogen and oxygen atoms in total. The van der Waals surface area contributed by atoms with E-state index in [9.17, 15) is 4.79 Å². The molecule has 1 amide bonds. The number of benzene rings is 1. The highest BCUT2D eigenvalue weighted by Gasteiger charge is 2.14. The van der Waals surface area contributed by atoms with E-state index < -0.39 is 0 Å². The van der Waals surface area contributed by atoms with Crippen LogP contribution in [-0.2, 0) is 0 Å². The summed E-state index contributed by atoms with van der Waals surface area (Å²) in [5.41, 5.74) is 6.66. The number of halogens is 1. The van der Waals surface area contributed by atoms with Crippen molar-refractivity contribution in [2.24, 2.45) is 0 Å². The average Bonchev–Trinajstić information content (AvgIpc) is 2.31. The van der Waals surface area contributed by atoms with Crippen molar-refractivity contribution in [3.63, 3.8) is 0 Å². The molecule has 0 aromatic heterocycles. The van der Waals surface area contributed by atoms with Crippen LogP contribution in [-0.4, -0.2) is 11.9 Å². The Balaban J connectivity index is 2.82. The first kappa shape index (κ1) is 13.5. The molecule has 3 N–H and O–H groups in total. The molecule has 1 aromatic rings. The number of carbonyl (C=O) groups excluding carboxylic acids is 1. The van der Waals surface area contributed by atoms with E-state index in [1.807, 2.05) is 6.92 Å². The third-order valence-corrected chi connectivity index (χ3v) is 3.09. The molecular formula is C12H14BrN3O. The predicted molar refractivity (Wildman–Crippen MR) is 70.3 cm³/mol. The summed E-state index contributed by atoms with van der Waals surface area (Å²) in [4.78, 5) is 12.0. The normalized spacial score (nSPS) is 11.6. The number of nitriles is 1. The fraction of sp³-hybridized carbons (Fsp3) is 0.333. The minimum Gasteiger partial charge on any atom is -0.399 e. The van der Waals surface area contributed by atoms with Gasteiger partial charge in [-0.15, -0.1) is 0 Å². The van der Waals surface area contributed by atoms with Crippen LogP contribution in [0, 0.1) is 11.3 Å². The predicted octanol–water partition coefficient (Wildman–Crippen LogP) is 2.45. The second-order valence-corrected chi connectivity index (χ2v) is 4.53. The summed E-state index contributed by atoms with van der Waals surface area (Å²) < 4.78 is 0.691. The van der Waals surface area contributed by atoms with Crippen LogP contribution in [0.1, 0.15) is 30.1 Å². The Bertz CT molecular complexity index is 454. The maximum Gasteiger partial charge on any atom is 0.252 e. The second-order valence-electron chi connectivity index (χ2n) is 3.68. The number of amides is 1. The summed E-state index contributed by atoms with van der Waals surface area (Å²) in [5.74, 6) is -0.216. The lowest BCUT2D eigenvalue weighted by atomic mass is 10.1. The minimum absolute atomic E-state index is 0.124. The molecule has 0 heterocycles. The van der Waals surface area contributed by atoms with Crippen LogP contribution in [0.5, 0.6) is 0 Å². The van der Waals surface area contributed by atoms with E-state index in [0.717, 1.165) is 6.42 Å². The topological polar surface area (TPSA) is 78.9 Å². The van der Waals surface area contributed by atoms with E-state index in [-0.39, 0.29) is 11.9 Å². The highest BCUT2D eigenvalue weighted by Crippen LogP contribution is 2.19. The molecule has 0 saturated heterocycles. The van der Waals surface area contributed by atoms with Crippen molar-refractivity contribution < 1.29 is 4.79 Å². The van der Waals surface area contributed by atoms with E-state index in [1.165, 1.54) is 0 Å². The number of anilines is 1. The van der Waals surface area contributed by atoms with Gasteiger partial charge >= 0.3 is 0 Å². The maximum absolute atomic E-state index is 12.0. The Hall–Kier alpha value is -1.54. The molecule has 1 aromatic carbocycles. The molecule has 0 radical (unpaired) electrons. The number of nitrogens with zero attached hydrogens (tertiary/aromatic N) is 1. The van der Waals surface area contributed by atoms with E-state index in [2.05, 4.69) is 27.3 Å². The molecule has 1 rings (SSSR count). The number of hydrogen-bond donors (Lipinski definition) is 2. The lowest BCUT2D eigenvalue weighted by molar-refractivity contribution is 0.0936. The van der Waals surface area contributed by atoms with E-state index in [1.54, 1.807) is 18.2 Å². The van der Waals surface area contributed by atoms with Gasteiger partial charge in [-0.2, -0.15) is 5.26 Å². The van der Waals surface area contributed by atoms with Gasteiger partial charge in [0.05, 0.1) is 18.1 Å². The fourth-order valence-corrected chi connectivity index (χ4v) is 1.81.